The summed E-state index contributed by atoms with van der Waals surface area (Å²) in [7, 11) is 1.35. The van der Waals surface area contributed by atoms with Gasteiger partial charge in [0, 0.05) is 18.3 Å². The number of nitrogens with zero attached hydrogens (tertiary/aromatic N) is 1. The van der Waals surface area contributed by atoms with Gasteiger partial charge in [-0.05, 0) is 35.2 Å². The lowest BCUT2D eigenvalue weighted by atomic mass is 10.2. The Morgan fingerprint density at radius 3 is 2.70 bits per heavy atom. The Bertz CT molecular complexity index is 923. The smallest absolute Gasteiger partial charge is 0.387 e. The lowest BCUT2D eigenvalue weighted by Crippen LogP contribution is -2.09. The molecular weight excluding hydrogens is 356 g/mol. The third-order valence-electron chi connectivity index (χ3n) is 4.08. The highest BCUT2D eigenvalue weighted by Crippen LogP contribution is 2.29. The molecule has 7 heteroatoms. The van der Waals surface area contributed by atoms with E-state index in [1.165, 1.54) is 19.2 Å². The molecule has 0 amide bonds. The van der Waals surface area contributed by atoms with Crippen LogP contribution in [0, 0.1) is 0 Å². The number of carbonyl (C=O) groups excluding carboxylic acids is 1. The second kappa shape index (κ2) is 8.53. The molecule has 142 valence electrons. The topological polar surface area (TPSA) is 49.7 Å². The minimum Gasteiger partial charge on any atom is -0.493 e. The molecular formula is C20H19F2NO4. The van der Waals surface area contributed by atoms with Crippen molar-refractivity contribution >= 4 is 16.9 Å². The Hall–Kier alpha value is -3.09. The summed E-state index contributed by atoms with van der Waals surface area (Å²) in [5.41, 5.74) is 1.68. The quantitative estimate of drug-likeness (QED) is 0.548. The molecule has 27 heavy (non-hydrogen) atoms. The van der Waals surface area contributed by atoms with Crippen LogP contribution < -0.4 is 9.47 Å². The summed E-state index contributed by atoms with van der Waals surface area (Å²) in [6.07, 6.45) is 2.16. The molecule has 0 aliphatic carbocycles. The first-order valence-corrected chi connectivity index (χ1v) is 8.38. The highest BCUT2D eigenvalue weighted by molar-refractivity contribution is 5.80. The van der Waals surface area contributed by atoms with Gasteiger partial charge in [0.1, 0.15) is 6.61 Å². The first-order valence-electron chi connectivity index (χ1n) is 8.38. The van der Waals surface area contributed by atoms with E-state index in [2.05, 4.69) is 4.74 Å². The molecule has 3 rings (SSSR count). The maximum Gasteiger partial charge on any atom is 0.387 e. The van der Waals surface area contributed by atoms with Crippen molar-refractivity contribution in [3.05, 3.63) is 60.3 Å². The van der Waals surface area contributed by atoms with E-state index in [9.17, 15) is 13.6 Å². The number of aromatic nitrogens is 1. The predicted octanol–water partition coefficient (Wildman–Crippen LogP) is 4.38. The van der Waals surface area contributed by atoms with E-state index in [0.717, 1.165) is 10.9 Å². The summed E-state index contributed by atoms with van der Waals surface area (Å²) >= 11 is 0. The van der Waals surface area contributed by atoms with Gasteiger partial charge in [-0.15, -0.1) is 0 Å². The average Bonchev–Trinajstić information content (AvgIpc) is 3.08. The van der Waals surface area contributed by atoms with Crippen LogP contribution in [-0.4, -0.2) is 24.3 Å². The van der Waals surface area contributed by atoms with E-state index in [-0.39, 0.29) is 30.5 Å². The number of aryl methyl sites for hydroxylation is 1. The molecule has 1 aromatic heterocycles. The van der Waals surface area contributed by atoms with Crippen LogP contribution in [0.15, 0.2) is 54.7 Å². The van der Waals surface area contributed by atoms with Crippen LogP contribution >= 0.6 is 0 Å². The number of methoxy groups -OCH3 is 1. The van der Waals surface area contributed by atoms with Gasteiger partial charge in [0.05, 0.1) is 13.5 Å². The number of hydrogen-bond acceptors (Lipinski definition) is 4. The third kappa shape index (κ3) is 4.75. The zero-order valence-corrected chi connectivity index (χ0v) is 14.7. The van der Waals surface area contributed by atoms with Crippen LogP contribution in [0.4, 0.5) is 8.78 Å². The minimum atomic E-state index is -2.94. The normalized spacial score (nSPS) is 11.0. The molecule has 0 unspecified atom stereocenters. The molecule has 0 aliphatic rings. The fourth-order valence-electron chi connectivity index (χ4n) is 2.78. The van der Waals surface area contributed by atoms with Gasteiger partial charge < -0.3 is 18.8 Å². The zero-order chi connectivity index (χ0) is 19.2. The molecule has 0 saturated carbocycles. The molecule has 0 atom stereocenters. The number of carbonyl (C=O) groups is 1. The molecule has 0 saturated heterocycles. The Labute approximate surface area is 155 Å². The van der Waals surface area contributed by atoms with Crippen molar-refractivity contribution in [3.8, 4) is 11.5 Å². The lowest BCUT2D eigenvalue weighted by Gasteiger charge is -2.12. The van der Waals surface area contributed by atoms with E-state index in [4.69, 9.17) is 9.47 Å². The molecule has 0 aliphatic heterocycles. The highest BCUT2D eigenvalue weighted by Gasteiger charge is 2.12. The van der Waals surface area contributed by atoms with Gasteiger partial charge in [-0.25, -0.2) is 0 Å². The molecule has 0 spiro atoms. The molecule has 5 nitrogen and oxygen atoms in total. The van der Waals surface area contributed by atoms with Crippen molar-refractivity contribution in [2.45, 2.75) is 26.2 Å². The predicted molar refractivity (Wildman–Crippen MR) is 96.0 cm³/mol. The van der Waals surface area contributed by atoms with E-state index in [0.29, 0.717) is 12.1 Å². The van der Waals surface area contributed by atoms with E-state index in [1.807, 2.05) is 41.1 Å². The zero-order valence-electron chi connectivity index (χ0n) is 14.7. The first kappa shape index (κ1) is 18.7. The number of hydrogen-bond donors (Lipinski definition) is 0. The molecule has 0 fully saturated rings. The lowest BCUT2D eigenvalue weighted by molar-refractivity contribution is -0.145. The minimum absolute atomic E-state index is 0.0244. The fourth-order valence-corrected chi connectivity index (χ4v) is 2.78. The van der Waals surface area contributed by atoms with Gasteiger partial charge in [0.2, 0.25) is 0 Å². The van der Waals surface area contributed by atoms with Gasteiger partial charge in [0.15, 0.2) is 11.5 Å². The van der Waals surface area contributed by atoms with Crippen molar-refractivity contribution in [1.82, 2.24) is 4.57 Å². The van der Waals surface area contributed by atoms with Gasteiger partial charge >= 0.3 is 12.6 Å². The summed E-state index contributed by atoms with van der Waals surface area (Å²) in [5, 5.41) is 1.11. The Morgan fingerprint density at radius 2 is 1.93 bits per heavy atom. The van der Waals surface area contributed by atoms with Crippen molar-refractivity contribution < 1.29 is 27.8 Å². The number of esters is 1. The number of ether oxygens (including phenoxy) is 3. The Balaban J connectivity index is 1.54. The fraction of sp³-hybridized carbons (Fsp3) is 0.250. The maximum atomic E-state index is 12.3. The SMILES string of the molecule is COc1cc(COC(=O)CCn2ccc3ccccc32)ccc1OC(F)F. The number of halogens is 2. The van der Waals surface area contributed by atoms with Crippen molar-refractivity contribution in [2.75, 3.05) is 7.11 Å². The monoisotopic (exact) mass is 375 g/mol. The van der Waals surface area contributed by atoms with Crippen LogP contribution in [0.2, 0.25) is 0 Å². The molecule has 0 radical (unpaired) electrons. The summed E-state index contributed by atoms with van der Waals surface area (Å²) < 4.78 is 41.3. The molecule has 2 aromatic carbocycles. The molecule has 3 aromatic rings. The van der Waals surface area contributed by atoms with E-state index < -0.39 is 6.61 Å². The van der Waals surface area contributed by atoms with Crippen molar-refractivity contribution in [1.29, 1.82) is 0 Å². The van der Waals surface area contributed by atoms with E-state index in [1.54, 1.807) is 6.07 Å². The van der Waals surface area contributed by atoms with Crippen LogP contribution in [0.25, 0.3) is 10.9 Å². The summed E-state index contributed by atoms with van der Waals surface area (Å²) in [5.74, 6) is -0.260. The largest absolute Gasteiger partial charge is 0.493 e. The standard InChI is InChI=1S/C20H19F2NO4/c1-25-18-12-14(6-7-17(18)27-20(21)22)13-26-19(24)9-11-23-10-8-15-4-2-3-5-16(15)23/h2-8,10,12,20H,9,11,13H2,1H3. The van der Waals surface area contributed by atoms with Crippen LogP contribution in [0.5, 0.6) is 11.5 Å². The van der Waals surface area contributed by atoms with Gasteiger partial charge in [-0.1, -0.05) is 24.3 Å². The summed E-state index contributed by atoms with van der Waals surface area (Å²) in [4.78, 5) is 12.0. The maximum absolute atomic E-state index is 12.3. The van der Waals surface area contributed by atoms with E-state index >= 15 is 0 Å². The van der Waals surface area contributed by atoms with Crippen LogP contribution in [0.3, 0.4) is 0 Å². The first-order chi connectivity index (χ1) is 13.1. The molecule has 1 heterocycles. The average molecular weight is 375 g/mol. The second-order valence-electron chi connectivity index (χ2n) is 5.84. The van der Waals surface area contributed by atoms with Gasteiger partial charge in [0.25, 0.3) is 0 Å². The van der Waals surface area contributed by atoms with Crippen molar-refractivity contribution in [2.24, 2.45) is 0 Å². The van der Waals surface area contributed by atoms with Crippen LogP contribution in [0.1, 0.15) is 12.0 Å². The Kier molecular flexibility index (Phi) is 5.90. The second-order valence-corrected chi connectivity index (χ2v) is 5.84. The number of fused-ring (bicyclic) bond motifs is 1. The van der Waals surface area contributed by atoms with Crippen LogP contribution in [-0.2, 0) is 22.7 Å². The number of benzene rings is 2. The van der Waals surface area contributed by atoms with Gasteiger partial charge in [-0.3, -0.25) is 4.79 Å². The molecule has 0 N–H and O–H groups in total. The third-order valence-corrected chi connectivity index (χ3v) is 4.08. The van der Waals surface area contributed by atoms with Crippen molar-refractivity contribution in [3.63, 3.8) is 0 Å². The number of rotatable bonds is 8. The Morgan fingerprint density at radius 1 is 1.11 bits per heavy atom. The number of para-hydroxylation sites is 1. The summed E-state index contributed by atoms with van der Waals surface area (Å²) in [6, 6.07) is 14.3. The molecule has 0 bridgehead atoms. The van der Waals surface area contributed by atoms with Gasteiger partial charge in [-0.2, -0.15) is 8.78 Å². The number of alkyl halides is 2. The summed E-state index contributed by atoms with van der Waals surface area (Å²) in [6.45, 7) is -2.40. The highest BCUT2D eigenvalue weighted by atomic mass is 19.3.